The molecule has 1 nitrogen and oxygen atoms in total. The number of hydrogen-bond donors (Lipinski definition) is 1. The van der Waals surface area contributed by atoms with Crippen molar-refractivity contribution in [2.24, 2.45) is 0 Å². The molecule has 0 spiro atoms. The monoisotopic (exact) mass is 156 g/mol. The molecule has 0 atom stereocenters. The zero-order valence-corrected chi connectivity index (χ0v) is 7.40. The van der Waals surface area contributed by atoms with Gasteiger partial charge in [0.05, 0.1) is 6.26 Å². The van der Waals surface area contributed by atoms with Gasteiger partial charge in [-0.25, -0.2) is 0 Å². The molecule has 0 unspecified atom stereocenters. The molecule has 0 aromatic carbocycles. The van der Waals surface area contributed by atoms with Crippen molar-refractivity contribution in [2.75, 3.05) is 0 Å². The third kappa shape index (κ3) is 1.57. The maximum atomic E-state index is 5.14. The summed E-state index contributed by atoms with van der Waals surface area (Å²) in [6, 6.07) is 2.01. The molecule has 0 saturated carbocycles. The Morgan fingerprint density at radius 3 is 2.30 bits per heavy atom. The summed E-state index contributed by atoms with van der Waals surface area (Å²) in [4.78, 5) is 0. The van der Waals surface area contributed by atoms with Crippen molar-refractivity contribution < 1.29 is 4.42 Å². The van der Waals surface area contributed by atoms with Crippen LogP contribution in [0.4, 0.5) is 0 Å². The molecule has 0 aliphatic carbocycles. The second kappa shape index (κ2) is 2.35. The summed E-state index contributed by atoms with van der Waals surface area (Å²) in [6.45, 7) is 6.02. The summed E-state index contributed by atoms with van der Waals surface area (Å²) in [5.41, 5.74) is 1.13. The fourth-order valence-electron chi connectivity index (χ4n) is 0.764. The maximum Gasteiger partial charge on any atom is 0.101 e. The van der Waals surface area contributed by atoms with Crippen molar-refractivity contribution in [3.05, 3.63) is 23.7 Å². The Morgan fingerprint density at radius 1 is 1.50 bits per heavy atom. The van der Waals surface area contributed by atoms with Gasteiger partial charge in [0.15, 0.2) is 0 Å². The van der Waals surface area contributed by atoms with Crippen LogP contribution in [0.2, 0.25) is 0 Å². The highest BCUT2D eigenvalue weighted by Gasteiger charge is 2.16. The number of rotatable bonds is 1. The minimum Gasteiger partial charge on any atom is -0.469 e. The molecule has 56 valence electrons. The number of aryl methyl sites for hydroxylation is 1. The van der Waals surface area contributed by atoms with E-state index in [9.17, 15) is 0 Å². The Kier molecular flexibility index (Phi) is 1.82. The Morgan fingerprint density at radius 2 is 2.10 bits per heavy atom. The van der Waals surface area contributed by atoms with Crippen LogP contribution >= 0.6 is 12.6 Å². The SMILES string of the molecule is Cc1cc(C(C)(C)S)co1. The van der Waals surface area contributed by atoms with Gasteiger partial charge in [0.2, 0.25) is 0 Å². The zero-order chi connectivity index (χ0) is 7.78. The third-order valence-electron chi connectivity index (χ3n) is 1.44. The van der Waals surface area contributed by atoms with Crippen LogP contribution in [-0.4, -0.2) is 0 Å². The lowest BCUT2D eigenvalue weighted by molar-refractivity contribution is 0.529. The molecule has 2 heteroatoms. The van der Waals surface area contributed by atoms with E-state index in [0.29, 0.717) is 0 Å². The van der Waals surface area contributed by atoms with Crippen LogP contribution in [0.3, 0.4) is 0 Å². The van der Waals surface area contributed by atoms with E-state index in [1.165, 1.54) is 0 Å². The highest BCUT2D eigenvalue weighted by Crippen LogP contribution is 2.28. The van der Waals surface area contributed by atoms with Gasteiger partial charge in [-0.1, -0.05) is 0 Å². The minimum atomic E-state index is -0.0856. The minimum absolute atomic E-state index is 0.0856. The third-order valence-corrected chi connectivity index (χ3v) is 1.70. The number of hydrogen-bond acceptors (Lipinski definition) is 2. The normalized spacial score (nSPS) is 12.0. The largest absolute Gasteiger partial charge is 0.469 e. The van der Waals surface area contributed by atoms with E-state index in [-0.39, 0.29) is 4.75 Å². The van der Waals surface area contributed by atoms with E-state index in [1.807, 2.05) is 26.8 Å². The average Bonchev–Trinajstić information content (AvgIpc) is 2.11. The van der Waals surface area contributed by atoms with Gasteiger partial charge in [0.1, 0.15) is 5.76 Å². The van der Waals surface area contributed by atoms with Crippen molar-refractivity contribution in [1.29, 1.82) is 0 Å². The molecule has 0 radical (unpaired) electrons. The summed E-state index contributed by atoms with van der Waals surface area (Å²) in [5.74, 6) is 0.942. The molecular formula is C8H12OS. The van der Waals surface area contributed by atoms with E-state index in [4.69, 9.17) is 4.42 Å². The molecule has 0 bridgehead atoms. The molecule has 0 aliphatic rings. The van der Waals surface area contributed by atoms with Crippen molar-refractivity contribution in [3.63, 3.8) is 0 Å². The lowest BCUT2D eigenvalue weighted by atomic mass is 10.1. The van der Waals surface area contributed by atoms with Crippen LogP contribution in [0.5, 0.6) is 0 Å². The molecule has 1 aromatic rings. The predicted molar refractivity (Wildman–Crippen MR) is 45.5 cm³/mol. The van der Waals surface area contributed by atoms with Crippen LogP contribution in [0.15, 0.2) is 16.7 Å². The van der Waals surface area contributed by atoms with E-state index in [1.54, 1.807) is 6.26 Å². The second-order valence-electron chi connectivity index (χ2n) is 3.01. The van der Waals surface area contributed by atoms with Crippen molar-refractivity contribution in [1.82, 2.24) is 0 Å². The smallest absolute Gasteiger partial charge is 0.101 e. The summed E-state index contributed by atoms with van der Waals surface area (Å²) in [7, 11) is 0. The van der Waals surface area contributed by atoms with Gasteiger partial charge in [-0.15, -0.1) is 0 Å². The first-order valence-electron chi connectivity index (χ1n) is 3.28. The van der Waals surface area contributed by atoms with E-state index < -0.39 is 0 Å². The zero-order valence-electron chi connectivity index (χ0n) is 6.51. The first kappa shape index (κ1) is 7.73. The first-order chi connectivity index (χ1) is 4.50. The van der Waals surface area contributed by atoms with Gasteiger partial charge in [0, 0.05) is 10.3 Å². The molecule has 0 amide bonds. The molecule has 0 aliphatic heterocycles. The first-order valence-corrected chi connectivity index (χ1v) is 3.73. The quantitative estimate of drug-likeness (QED) is 0.617. The highest BCUT2D eigenvalue weighted by molar-refractivity contribution is 7.81. The molecule has 0 saturated heterocycles. The Hall–Kier alpha value is -0.370. The van der Waals surface area contributed by atoms with Gasteiger partial charge in [0.25, 0.3) is 0 Å². The summed E-state index contributed by atoms with van der Waals surface area (Å²) in [5, 5.41) is 0. The summed E-state index contributed by atoms with van der Waals surface area (Å²) in [6.07, 6.45) is 1.75. The van der Waals surface area contributed by atoms with Crippen molar-refractivity contribution in [2.45, 2.75) is 25.5 Å². The van der Waals surface area contributed by atoms with Crippen LogP contribution in [-0.2, 0) is 4.75 Å². The van der Waals surface area contributed by atoms with Crippen LogP contribution < -0.4 is 0 Å². The van der Waals surface area contributed by atoms with Gasteiger partial charge in [-0.05, 0) is 26.8 Å². The van der Waals surface area contributed by atoms with Crippen molar-refractivity contribution in [3.8, 4) is 0 Å². The van der Waals surface area contributed by atoms with Crippen LogP contribution in [0, 0.1) is 6.92 Å². The molecule has 1 heterocycles. The molecule has 10 heavy (non-hydrogen) atoms. The predicted octanol–water partition coefficient (Wildman–Crippen LogP) is 2.75. The number of furan rings is 1. The topological polar surface area (TPSA) is 13.1 Å². The Labute approximate surface area is 66.8 Å². The molecule has 0 fully saturated rings. The fraction of sp³-hybridized carbons (Fsp3) is 0.500. The molecule has 0 N–H and O–H groups in total. The fourth-order valence-corrected chi connectivity index (χ4v) is 0.882. The lowest BCUT2D eigenvalue weighted by Crippen LogP contribution is -2.05. The van der Waals surface area contributed by atoms with Gasteiger partial charge < -0.3 is 4.42 Å². The second-order valence-corrected chi connectivity index (χ2v) is 4.12. The molecule has 1 aromatic heterocycles. The van der Waals surface area contributed by atoms with E-state index in [2.05, 4.69) is 12.6 Å². The molecule has 1 rings (SSSR count). The van der Waals surface area contributed by atoms with Crippen LogP contribution in [0.1, 0.15) is 25.2 Å². The van der Waals surface area contributed by atoms with E-state index >= 15 is 0 Å². The Bertz CT molecular complexity index is 219. The van der Waals surface area contributed by atoms with Crippen LogP contribution in [0.25, 0.3) is 0 Å². The van der Waals surface area contributed by atoms with E-state index in [0.717, 1.165) is 11.3 Å². The maximum absolute atomic E-state index is 5.14. The Balaban J connectivity index is 2.96. The summed E-state index contributed by atoms with van der Waals surface area (Å²) >= 11 is 4.40. The number of thiol groups is 1. The standard InChI is InChI=1S/C8H12OS/c1-6-4-7(5-9-6)8(2,3)10/h4-5,10H,1-3H3. The molecular weight excluding hydrogens is 144 g/mol. The van der Waals surface area contributed by atoms with Gasteiger partial charge >= 0.3 is 0 Å². The lowest BCUT2D eigenvalue weighted by Gasteiger charge is -2.13. The van der Waals surface area contributed by atoms with Gasteiger partial charge in [-0.3, -0.25) is 0 Å². The average molecular weight is 156 g/mol. The summed E-state index contributed by atoms with van der Waals surface area (Å²) < 4.78 is 5.06. The van der Waals surface area contributed by atoms with Crippen molar-refractivity contribution >= 4 is 12.6 Å². The highest BCUT2D eigenvalue weighted by atomic mass is 32.1. The van der Waals surface area contributed by atoms with Gasteiger partial charge in [-0.2, -0.15) is 12.6 Å².